The van der Waals surface area contributed by atoms with Gasteiger partial charge in [-0.3, -0.25) is 9.67 Å². The van der Waals surface area contributed by atoms with E-state index in [0.29, 0.717) is 33.4 Å². The van der Waals surface area contributed by atoms with Gasteiger partial charge in [-0.25, -0.2) is 19.2 Å². The minimum absolute atomic E-state index is 0.258. The summed E-state index contributed by atoms with van der Waals surface area (Å²) in [5.74, 6) is -0.0241. The Kier molecular flexibility index (Phi) is 6.75. The Morgan fingerprint density at radius 2 is 2.21 bits per heavy atom. The predicted molar refractivity (Wildman–Crippen MR) is 134 cm³/mol. The molecular weight excluding hydrogens is 479 g/mol. The minimum Gasteiger partial charge on any atom is -0.365 e. The molecule has 9 nitrogen and oxygen atoms in total. The number of anilines is 2. The van der Waals surface area contributed by atoms with Gasteiger partial charge in [0.2, 0.25) is 0 Å². The predicted octanol–water partition coefficient (Wildman–Crippen LogP) is 5.63. The van der Waals surface area contributed by atoms with Crippen LogP contribution in [0.2, 0.25) is 5.02 Å². The number of hydrogen-bond donors (Lipinski definition) is 4. The number of benzene rings is 1. The average Bonchev–Trinajstić information content (AvgIpc) is 3.49. The Hall–Kier alpha value is -3.96. The van der Waals surface area contributed by atoms with E-state index in [4.69, 9.17) is 11.6 Å². The number of urea groups is 1. The Labute approximate surface area is 203 Å². The zero-order valence-corrected chi connectivity index (χ0v) is 19.8. The number of halogens is 2. The van der Waals surface area contributed by atoms with Crippen molar-refractivity contribution < 1.29 is 9.18 Å². The fourth-order valence-corrected chi connectivity index (χ4v) is 4.34. The van der Waals surface area contributed by atoms with Crippen LogP contribution in [-0.4, -0.2) is 37.8 Å². The number of carbonyl (C=O) groups is 1. The molecule has 1 aromatic carbocycles. The molecule has 3 heterocycles. The van der Waals surface area contributed by atoms with Crippen LogP contribution in [0.25, 0.3) is 27.4 Å². The molecule has 34 heavy (non-hydrogen) atoms. The minimum atomic E-state index is -0.674. The Bertz CT molecular complexity index is 1430. The summed E-state index contributed by atoms with van der Waals surface area (Å²) in [5, 5.41) is 16.7. The van der Waals surface area contributed by atoms with Crippen molar-refractivity contribution in [3.8, 4) is 17.1 Å². The van der Waals surface area contributed by atoms with Crippen LogP contribution in [0.4, 0.5) is 20.0 Å². The number of allylic oxidation sites excluding steroid dienone is 4. The van der Waals surface area contributed by atoms with Gasteiger partial charge in [0, 0.05) is 24.0 Å². The maximum atomic E-state index is 13.1. The summed E-state index contributed by atoms with van der Waals surface area (Å²) in [6, 6.07) is 4.54. The lowest BCUT2D eigenvalue weighted by Gasteiger charge is -2.11. The molecule has 3 aromatic heterocycles. The average molecular weight is 499 g/mol. The molecule has 0 aliphatic heterocycles. The molecule has 4 N–H and O–H groups in total. The maximum Gasteiger partial charge on any atom is 0.323 e. The van der Waals surface area contributed by atoms with E-state index in [-0.39, 0.29) is 5.70 Å². The number of aromatic nitrogens is 5. The SMILES string of the molecule is C=C(F)/C=C(\C=CC)NC(=O)Nc1ccc(-c2cncn2-c2n[nH]c3nc(NC)sc23)c(Cl)c1. The number of rotatable bonds is 7. The maximum absolute atomic E-state index is 13.1. The number of imidazole rings is 1. The standard InChI is InChI=1S/C22H20ClFN8OS/c1-4-5-13(8-12(2)24)27-21(33)28-14-6-7-15(16(23)9-14)17-10-26-11-32(17)20-18-19(30-31-20)29-22(25-3)34-18/h4-11H,2H2,1,3H3,(H2,27,28,33)(H2,25,29,30,31)/b5-4?,13-8+. The molecule has 12 heteroatoms. The smallest absolute Gasteiger partial charge is 0.323 e. The summed E-state index contributed by atoms with van der Waals surface area (Å²) < 4.78 is 15.8. The second-order valence-electron chi connectivity index (χ2n) is 6.96. The van der Waals surface area contributed by atoms with Crippen LogP contribution in [0.15, 0.2) is 67.1 Å². The van der Waals surface area contributed by atoms with Gasteiger partial charge in [-0.2, -0.15) is 5.10 Å². The number of amides is 2. The highest BCUT2D eigenvalue weighted by Crippen LogP contribution is 2.35. The van der Waals surface area contributed by atoms with E-state index in [1.807, 2.05) is 4.57 Å². The molecule has 0 saturated heterocycles. The monoisotopic (exact) mass is 498 g/mol. The third-order valence-corrected chi connectivity index (χ3v) is 5.98. The third-order valence-electron chi connectivity index (χ3n) is 4.60. The van der Waals surface area contributed by atoms with E-state index in [1.54, 1.807) is 56.8 Å². The molecule has 0 fully saturated rings. The summed E-state index contributed by atoms with van der Waals surface area (Å²) >= 11 is 8.03. The number of hydrogen-bond acceptors (Lipinski definition) is 6. The van der Waals surface area contributed by atoms with Gasteiger partial charge in [0.25, 0.3) is 0 Å². The van der Waals surface area contributed by atoms with Crippen molar-refractivity contribution in [3.63, 3.8) is 0 Å². The Balaban J connectivity index is 1.58. The van der Waals surface area contributed by atoms with Crippen molar-refractivity contribution in [2.24, 2.45) is 0 Å². The number of thiazole rings is 1. The molecule has 0 aliphatic rings. The van der Waals surface area contributed by atoms with Crippen molar-refractivity contribution in [3.05, 3.63) is 72.1 Å². The summed E-state index contributed by atoms with van der Waals surface area (Å²) in [7, 11) is 1.80. The first kappa shape index (κ1) is 23.2. The van der Waals surface area contributed by atoms with Gasteiger partial charge in [0.05, 0.1) is 16.9 Å². The molecule has 0 aliphatic carbocycles. The van der Waals surface area contributed by atoms with Crippen LogP contribution in [-0.2, 0) is 0 Å². The van der Waals surface area contributed by atoms with Crippen molar-refractivity contribution in [2.45, 2.75) is 6.92 Å². The molecule has 2 amide bonds. The normalized spacial score (nSPS) is 11.8. The topological polar surface area (TPSA) is 113 Å². The molecule has 0 saturated carbocycles. The van der Waals surface area contributed by atoms with Crippen LogP contribution in [0.5, 0.6) is 0 Å². The van der Waals surface area contributed by atoms with E-state index >= 15 is 0 Å². The zero-order valence-electron chi connectivity index (χ0n) is 18.2. The lowest BCUT2D eigenvalue weighted by atomic mass is 10.1. The highest BCUT2D eigenvalue weighted by molar-refractivity contribution is 7.22. The lowest BCUT2D eigenvalue weighted by Crippen LogP contribution is -2.27. The quantitative estimate of drug-likeness (QED) is 0.247. The molecule has 4 rings (SSSR count). The molecular formula is C22H20ClFN8OS. The summed E-state index contributed by atoms with van der Waals surface area (Å²) in [5.41, 5.74) is 2.80. The van der Waals surface area contributed by atoms with E-state index in [0.717, 1.165) is 15.9 Å². The Morgan fingerprint density at radius 1 is 1.38 bits per heavy atom. The van der Waals surface area contributed by atoms with Crippen LogP contribution < -0.4 is 16.0 Å². The first-order chi connectivity index (χ1) is 16.4. The number of H-pyrrole nitrogens is 1. The highest BCUT2D eigenvalue weighted by atomic mass is 35.5. The van der Waals surface area contributed by atoms with Gasteiger partial charge in [-0.05, 0) is 37.3 Å². The number of aromatic amines is 1. The van der Waals surface area contributed by atoms with Crippen LogP contribution >= 0.6 is 22.9 Å². The van der Waals surface area contributed by atoms with Gasteiger partial charge in [-0.1, -0.05) is 35.6 Å². The number of nitrogens with zero attached hydrogens (tertiary/aromatic N) is 4. The van der Waals surface area contributed by atoms with Crippen LogP contribution in [0.1, 0.15) is 6.92 Å². The van der Waals surface area contributed by atoms with E-state index < -0.39 is 11.9 Å². The molecule has 0 bridgehead atoms. The van der Waals surface area contributed by atoms with Crippen LogP contribution in [0.3, 0.4) is 0 Å². The number of carbonyl (C=O) groups excluding carboxylic acids is 1. The largest absolute Gasteiger partial charge is 0.365 e. The van der Waals surface area contributed by atoms with Gasteiger partial charge < -0.3 is 16.0 Å². The van der Waals surface area contributed by atoms with Gasteiger partial charge in [0.15, 0.2) is 16.6 Å². The Morgan fingerprint density at radius 3 is 2.91 bits per heavy atom. The lowest BCUT2D eigenvalue weighted by molar-refractivity contribution is 0.254. The summed E-state index contributed by atoms with van der Waals surface area (Å²) in [4.78, 5) is 21.0. The summed E-state index contributed by atoms with van der Waals surface area (Å²) in [6.07, 6.45) is 7.66. The van der Waals surface area contributed by atoms with Crippen molar-refractivity contribution in [1.29, 1.82) is 0 Å². The first-order valence-corrected chi connectivity index (χ1v) is 11.2. The first-order valence-electron chi connectivity index (χ1n) is 10.0. The second-order valence-corrected chi connectivity index (χ2v) is 8.37. The van der Waals surface area contributed by atoms with Crippen molar-refractivity contribution in [2.75, 3.05) is 17.7 Å². The zero-order chi connectivity index (χ0) is 24.2. The number of nitrogens with one attached hydrogen (secondary N) is 4. The highest BCUT2D eigenvalue weighted by Gasteiger charge is 2.18. The molecule has 174 valence electrons. The van der Waals surface area contributed by atoms with Gasteiger partial charge >= 0.3 is 6.03 Å². The fourth-order valence-electron chi connectivity index (χ4n) is 3.21. The van der Waals surface area contributed by atoms with E-state index in [2.05, 4.69) is 42.7 Å². The molecule has 0 unspecified atom stereocenters. The third kappa shape index (κ3) is 4.85. The van der Waals surface area contributed by atoms with Gasteiger partial charge in [-0.15, -0.1) is 0 Å². The van der Waals surface area contributed by atoms with Crippen molar-refractivity contribution in [1.82, 2.24) is 30.0 Å². The second kappa shape index (κ2) is 9.89. The van der Waals surface area contributed by atoms with Crippen LogP contribution in [0, 0.1) is 0 Å². The molecule has 4 aromatic rings. The van der Waals surface area contributed by atoms with Gasteiger partial charge in [0.1, 0.15) is 16.9 Å². The summed E-state index contributed by atoms with van der Waals surface area (Å²) in [6.45, 7) is 4.93. The molecule has 0 radical (unpaired) electrons. The van der Waals surface area contributed by atoms with E-state index in [1.165, 1.54) is 11.3 Å². The molecule has 0 spiro atoms. The molecule has 0 atom stereocenters. The van der Waals surface area contributed by atoms with Crippen molar-refractivity contribution >= 4 is 50.1 Å². The number of fused-ring (bicyclic) bond motifs is 1. The fraction of sp³-hybridized carbons (Fsp3) is 0.0909. The van der Waals surface area contributed by atoms with E-state index in [9.17, 15) is 9.18 Å².